The molecule has 0 bridgehead atoms. The molecule has 1 aliphatic rings. The van der Waals surface area contributed by atoms with Crippen LogP contribution in [0, 0.1) is 11.3 Å². The summed E-state index contributed by atoms with van der Waals surface area (Å²) in [5, 5.41) is 8.86. The van der Waals surface area contributed by atoms with Gasteiger partial charge in [0.15, 0.2) is 0 Å². The highest BCUT2D eigenvalue weighted by molar-refractivity contribution is 6.62. The van der Waals surface area contributed by atoms with Crippen LogP contribution in [0.15, 0.2) is 48.5 Å². The lowest BCUT2D eigenvalue weighted by molar-refractivity contribution is 0.00578. The van der Waals surface area contributed by atoms with Gasteiger partial charge in [-0.25, -0.2) is 0 Å². The lowest BCUT2D eigenvalue weighted by Crippen LogP contribution is -2.41. The number of hydrogen-bond donors (Lipinski definition) is 0. The molecule has 0 saturated carbocycles. The quantitative estimate of drug-likeness (QED) is 0.797. The minimum Gasteiger partial charge on any atom is -0.399 e. The summed E-state index contributed by atoms with van der Waals surface area (Å²) < 4.78 is 12.1. The predicted octanol–water partition coefficient (Wildman–Crippen LogP) is 3.52. The van der Waals surface area contributed by atoms with E-state index in [1.54, 1.807) is 0 Å². The van der Waals surface area contributed by atoms with Crippen LogP contribution in [0.1, 0.15) is 33.3 Å². The minimum atomic E-state index is -0.338. The second-order valence-corrected chi connectivity index (χ2v) is 6.90. The van der Waals surface area contributed by atoms with Crippen molar-refractivity contribution < 1.29 is 9.31 Å². The Morgan fingerprint density at radius 2 is 1.22 bits per heavy atom. The van der Waals surface area contributed by atoms with E-state index in [9.17, 15) is 0 Å². The van der Waals surface area contributed by atoms with Gasteiger partial charge in [0.2, 0.25) is 0 Å². The molecule has 0 amide bonds. The Bertz CT molecular complexity index is 726. The molecule has 1 heterocycles. The molecule has 23 heavy (non-hydrogen) atoms. The molecule has 0 atom stereocenters. The van der Waals surface area contributed by atoms with Crippen molar-refractivity contribution in [3.8, 4) is 17.2 Å². The van der Waals surface area contributed by atoms with Crippen LogP contribution in [0.4, 0.5) is 0 Å². The van der Waals surface area contributed by atoms with E-state index in [1.807, 2.05) is 36.4 Å². The van der Waals surface area contributed by atoms with Gasteiger partial charge in [0.1, 0.15) is 0 Å². The Morgan fingerprint density at radius 1 is 0.783 bits per heavy atom. The third kappa shape index (κ3) is 2.90. The summed E-state index contributed by atoms with van der Waals surface area (Å²) in [7, 11) is -0.338. The number of rotatable bonds is 2. The van der Waals surface area contributed by atoms with Crippen molar-refractivity contribution in [3.63, 3.8) is 0 Å². The first-order valence-corrected chi connectivity index (χ1v) is 7.78. The Balaban J connectivity index is 1.81. The van der Waals surface area contributed by atoms with Gasteiger partial charge in [-0.2, -0.15) is 5.26 Å². The molecule has 0 spiro atoms. The molecule has 0 aliphatic carbocycles. The summed E-state index contributed by atoms with van der Waals surface area (Å²) in [6.45, 7) is 8.21. The lowest BCUT2D eigenvalue weighted by Gasteiger charge is -2.32. The van der Waals surface area contributed by atoms with E-state index in [1.165, 1.54) is 0 Å². The molecule has 0 radical (unpaired) electrons. The molecule has 3 rings (SSSR count). The number of nitrogens with zero attached hydrogens (tertiary/aromatic N) is 1. The highest BCUT2D eigenvalue weighted by Crippen LogP contribution is 2.36. The molecule has 116 valence electrons. The fraction of sp³-hybridized carbons (Fsp3) is 0.316. The topological polar surface area (TPSA) is 42.2 Å². The van der Waals surface area contributed by atoms with E-state index < -0.39 is 0 Å². The van der Waals surface area contributed by atoms with Gasteiger partial charge in [-0.05, 0) is 56.4 Å². The van der Waals surface area contributed by atoms with E-state index in [0.29, 0.717) is 5.56 Å². The number of benzene rings is 2. The molecule has 2 aromatic rings. The van der Waals surface area contributed by atoms with Crippen LogP contribution in [0.5, 0.6) is 0 Å². The normalized spacial score (nSPS) is 18.7. The van der Waals surface area contributed by atoms with Gasteiger partial charge < -0.3 is 9.31 Å². The zero-order valence-electron chi connectivity index (χ0n) is 14.0. The molecule has 1 fully saturated rings. The van der Waals surface area contributed by atoms with Crippen molar-refractivity contribution in [2.75, 3.05) is 0 Å². The highest BCUT2D eigenvalue weighted by Gasteiger charge is 2.51. The van der Waals surface area contributed by atoms with E-state index in [-0.39, 0.29) is 18.3 Å². The zero-order valence-corrected chi connectivity index (χ0v) is 14.0. The van der Waals surface area contributed by atoms with Crippen LogP contribution < -0.4 is 5.46 Å². The second kappa shape index (κ2) is 5.52. The fourth-order valence-electron chi connectivity index (χ4n) is 2.55. The van der Waals surface area contributed by atoms with E-state index in [4.69, 9.17) is 14.6 Å². The smallest absolute Gasteiger partial charge is 0.399 e. The summed E-state index contributed by atoms with van der Waals surface area (Å²) in [5.41, 5.74) is 3.22. The zero-order chi connectivity index (χ0) is 16.7. The Morgan fingerprint density at radius 3 is 1.65 bits per heavy atom. The molecular weight excluding hydrogens is 285 g/mol. The fourth-order valence-corrected chi connectivity index (χ4v) is 2.55. The molecule has 0 aromatic heterocycles. The van der Waals surface area contributed by atoms with Crippen molar-refractivity contribution in [3.05, 3.63) is 54.1 Å². The number of hydrogen-bond acceptors (Lipinski definition) is 3. The van der Waals surface area contributed by atoms with Gasteiger partial charge in [0.25, 0.3) is 0 Å². The van der Waals surface area contributed by atoms with Crippen LogP contribution in [0.3, 0.4) is 0 Å². The number of nitriles is 1. The summed E-state index contributed by atoms with van der Waals surface area (Å²) in [5.74, 6) is 0. The SMILES string of the molecule is CC1(C)OB(c2ccc(-c3ccc(C#N)cc3)cc2)OC1(C)C. The molecule has 0 N–H and O–H groups in total. The van der Waals surface area contributed by atoms with Crippen molar-refractivity contribution in [2.24, 2.45) is 0 Å². The Kier molecular flexibility index (Phi) is 3.79. The predicted molar refractivity (Wildman–Crippen MR) is 92.3 cm³/mol. The maximum Gasteiger partial charge on any atom is 0.494 e. The van der Waals surface area contributed by atoms with Gasteiger partial charge >= 0.3 is 7.12 Å². The van der Waals surface area contributed by atoms with E-state index in [2.05, 4.69) is 45.9 Å². The van der Waals surface area contributed by atoms with E-state index >= 15 is 0 Å². The van der Waals surface area contributed by atoms with Crippen LogP contribution in [0.2, 0.25) is 0 Å². The molecule has 3 nitrogen and oxygen atoms in total. The Hall–Kier alpha value is -2.09. The van der Waals surface area contributed by atoms with Crippen molar-refractivity contribution in [1.29, 1.82) is 5.26 Å². The van der Waals surface area contributed by atoms with E-state index in [0.717, 1.165) is 16.6 Å². The van der Waals surface area contributed by atoms with Gasteiger partial charge in [-0.1, -0.05) is 36.4 Å². The van der Waals surface area contributed by atoms with Crippen LogP contribution >= 0.6 is 0 Å². The first-order chi connectivity index (χ1) is 10.8. The summed E-state index contributed by atoms with van der Waals surface area (Å²) in [4.78, 5) is 0. The highest BCUT2D eigenvalue weighted by atomic mass is 16.7. The van der Waals surface area contributed by atoms with Crippen LogP contribution in [-0.4, -0.2) is 18.3 Å². The molecule has 0 unspecified atom stereocenters. The van der Waals surface area contributed by atoms with Crippen molar-refractivity contribution in [1.82, 2.24) is 0 Å². The maximum absolute atomic E-state index is 8.86. The second-order valence-electron chi connectivity index (χ2n) is 6.90. The maximum atomic E-state index is 8.86. The monoisotopic (exact) mass is 305 g/mol. The summed E-state index contributed by atoms with van der Waals surface area (Å²) in [6.07, 6.45) is 0. The summed E-state index contributed by atoms with van der Waals surface area (Å²) >= 11 is 0. The molecule has 2 aromatic carbocycles. The van der Waals surface area contributed by atoms with Gasteiger partial charge in [0, 0.05) is 0 Å². The minimum absolute atomic E-state index is 0.330. The van der Waals surface area contributed by atoms with Crippen molar-refractivity contribution >= 4 is 12.6 Å². The lowest BCUT2D eigenvalue weighted by atomic mass is 9.78. The first kappa shape index (κ1) is 15.8. The van der Waals surface area contributed by atoms with Crippen LogP contribution in [0.25, 0.3) is 11.1 Å². The van der Waals surface area contributed by atoms with Gasteiger partial charge in [-0.3, -0.25) is 0 Å². The first-order valence-electron chi connectivity index (χ1n) is 7.78. The third-order valence-electron chi connectivity index (χ3n) is 4.78. The van der Waals surface area contributed by atoms with Crippen LogP contribution in [-0.2, 0) is 9.31 Å². The largest absolute Gasteiger partial charge is 0.494 e. The molecule has 1 saturated heterocycles. The molecular formula is C19H20BNO2. The van der Waals surface area contributed by atoms with Crippen molar-refractivity contribution in [2.45, 2.75) is 38.9 Å². The Labute approximate surface area is 138 Å². The third-order valence-corrected chi connectivity index (χ3v) is 4.78. The standard InChI is InChI=1S/C19H20BNO2/c1-18(2)19(3,4)23-20(22-18)17-11-9-16(10-12-17)15-7-5-14(13-21)6-8-15/h5-12H,1-4H3. The molecule has 4 heteroatoms. The average Bonchev–Trinajstić information content (AvgIpc) is 2.76. The average molecular weight is 305 g/mol. The summed E-state index contributed by atoms with van der Waals surface area (Å²) in [6, 6.07) is 17.9. The molecule has 1 aliphatic heterocycles. The van der Waals surface area contributed by atoms with Gasteiger partial charge in [0.05, 0.1) is 22.8 Å². The van der Waals surface area contributed by atoms with Gasteiger partial charge in [-0.15, -0.1) is 0 Å².